The molecule has 0 spiro atoms. The molecule has 0 aromatic rings. The molecule has 0 aromatic carbocycles. The predicted octanol–water partition coefficient (Wildman–Crippen LogP) is 11.2. The van der Waals surface area contributed by atoms with E-state index in [0.29, 0.717) is 19.3 Å². The fraction of sp³-hybridized carbons (Fsp3) is 0.878. The Morgan fingerprint density at radius 3 is 0.958 bits per heavy atom. The Labute approximate surface area is 301 Å². The molecule has 0 fully saturated rings. The van der Waals surface area contributed by atoms with Crippen LogP contribution in [0, 0.1) is 0 Å². The molecule has 0 atom stereocenters. The van der Waals surface area contributed by atoms with Gasteiger partial charge in [0.1, 0.15) is 13.2 Å². The van der Waals surface area contributed by atoms with Crippen LogP contribution in [-0.2, 0) is 28.6 Å². The molecule has 0 bridgehead atoms. The van der Waals surface area contributed by atoms with Gasteiger partial charge in [0.05, 0.1) is 0 Å². The van der Waals surface area contributed by atoms with Crippen molar-refractivity contribution in [1.29, 1.82) is 0 Å². The number of hydrogen-bond acceptors (Lipinski definition) is 6. The first-order chi connectivity index (χ1) is 23.4. The Morgan fingerprint density at radius 1 is 0.458 bits per heavy atom. The lowest BCUT2D eigenvalue weighted by Crippen LogP contribution is -2.30. The molecule has 0 rings (SSSR count). The number of ether oxygens (including phenoxy) is 3. The van der Waals surface area contributed by atoms with E-state index in [0.717, 1.165) is 68.0 Å². The number of rotatable bonds is 35. The van der Waals surface area contributed by atoms with Gasteiger partial charge in [0.2, 0.25) is 0 Å². The molecule has 48 heavy (non-hydrogen) atoms. The first-order valence-electron chi connectivity index (χ1n) is 20.5. The number of carbonyl (C=O) groups excluding carboxylic acids is 3. The van der Waals surface area contributed by atoms with Gasteiger partial charge in [0.25, 0.3) is 0 Å². The third-order valence-electron chi connectivity index (χ3n) is 8.61. The highest BCUT2D eigenvalue weighted by atomic mass is 28.1. The summed E-state index contributed by atoms with van der Waals surface area (Å²) < 4.78 is 16.5. The van der Waals surface area contributed by atoms with Gasteiger partial charge in [-0.15, -0.1) is 12.3 Å². The molecular formula is C41H80O6Si. The molecule has 7 heteroatoms. The van der Waals surface area contributed by atoms with E-state index in [4.69, 9.17) is 14.2 Å². The van der Waals surface area contributed by atoms with Crippen molar-refractivity contribution in [3.8, 4) is 0 Å². The van der Waals surface area contributed by atoms with Gasteiger partial charge in [-0.05, 0) is 19.3 Å². The molecule has 284 valence electrons. The monoisotopic (exact) mass is 697 g/mol. The van der Waals surface area contributed by atoms with Crippen molar-refractivity contribution >= 4 is 28.2 Å². The van der Waals surface area contributed by atoms with Crippen LogP contribution in [-0.4, -0.2) is 47.5 Å². The number of hydrogen-bond donors (Lipinski definition) is 0. The molecule has 0 unspecified atom stereocenters. The molecule has 0 amide bonds. The number of esters is 3. The Hall–Kier alpha value is -1.63. The lowest BCUT2D eigenvalue weighted by Gasteiger charge is -2.18. The lowest BCUT2D eigenvalue weighted by molar-refractivity contribution is -0.167. The maximum absolute atomic E-state index is 12.6. The molecule has 0 radical (unpaired) electrons. The molecular weight excluding hydrogens is 617 g/mol. The summed E-state index contributed by atoms with van der Waals surface area (Å²) >= 11 is 0. The van der Waals surface area contributed by atoms with Crippen LogP contribution in [0.1, 0.15) is 213 Å². The van der Waals surface area contributed by atoms with Crippen LogP contribution in [0.25, 0.3) is 0 Å². The fourth-order valence-corrected chi connectivity index (χ4v) is 5.62. The van der Waals surface area contributed by atoms with Gasteiger partial charge in [-0.3, -0.25) is 14.4 Å². The third-order valence-corrected chi connectivity index (χ3v) is 8.61. The van der Waals surface area contributed by atoms with Gasteiger partial charge in [0, 0.05) is 29.5 Å². The van der Waals surface area contributed by atoms with Crippen molar-refractivity contribution in [2.75, 3.05) is 13.2 Å². The van der Waals surface area contributed by atoms with E-state index in [1.807, 2.05) is 5.70 Å². The van der Waals surface area contributed by atoms with Crippen LogP contribution < -0.4 is 0 Å². The summed E-state index contributed by atoms with van der Waals surface area (Å²) in [6.45, 7) is 9.99. The van der Waals surface area contributed by atoms with Crippen LogP contribution in [0.5, 0.6) is 0 Å². The summed E-state index contributed by atoms with van der Waals surface area (Å²) in [7, 11) is 1.13. The zero-order valence-corrected chi connectivity index (χ0v) is 34.4. The average Bonchev–Trinajstić information content (AvgIpc) is 3.07. The molecule has 0 aromatic heterocycles. The first kappa shape index (κ1) is 48.5. The zero-order valence-electron chi connectivity index (χ0n) is 32.4. The highest BCUT2D eigenvalue weighted by Gasteiger charge is 2.19. The summed E-state index contributed by atoms with van der Waals surface area (Å²) in [5, 5.41) is 0. The molecule has 0 saturated heterocycles. The maximum Gasteiger partial charge on any atom is 0.306 e. The van der Waals surface area contributed by atoms with Crippen molar-refractivity contribution in [3.63, 3.8) is 0 Å². The minimum Gasteiger partial charge on any atom is -0.462 e. The van der Waals surface area contributed by atoms with Crippen LogP contribution in [0.2, 0.25) is 0 Å². The summed E-state index contributed by atoms with van der Waals surface area (Å²) in [5.74, 6) is -0.870. The number of carbonyl (C=O) groups is 3. The third kappa shape index (κ3) is 40.5. The Bertz CT molecular complexity index is 675. The number of unbranched alkanes of at least 4 members (excludes halogenated alkanes) is 24. The molecule has 0 saturated carbocycles. The summed E-state index contributed by atoms with van der Waals surface area (Å²) in [6.07, 6.45) is 32.3. The van der Waals surface area contributed by atoms with Crippen molar-refractivity contribution in [2.45, 2.75) is 219 Å². The molecule has 0 aliphatic carbocycles. The lowest BCUT2D eigenvalue weighted by atomic mass is 10.1. The van der Waals surface area contributed by atoms with Crippen LogP contribution in [0.3, 0.4) is 0 Å². The molecule has 0 heterocycles. The van der Waals surface area contributed by atoms with Crippen molar-refractivity contribution < 1.29 is 28.6 Å². The van der Waals surface area contributed by atoms with Crippen LogP contribution in [0.4, 0.5) is 0 Å². The standard InChI is InChI=1S/C39H74O6.C2H6Si/c1-4-7-10-13-16-19-22-25-28-31-37(40)43-34-36(45-39(42)33-30-27-24-21-18-15-12-9-6-3)35-44-38(41)32-29-26-23-20-17-14-11-8-5-2;1-2-3/h36H,4-35H2,1-3H3;2H,1H2,3H3. The molecule has 0 aliphatic heterocycles. The van der Waals surface area contributed by atoms with E-state index in [-0.39, 0.29) is 31.1 Å². The van der Waals surface area contributed by atoms with Gasteiger partial charge >= 0.3 is 17.9 Å². The smallest absolute Gasteiger partial charge is 0.306 e. The van der Waals surface area contributed by atoms with Gasteiger partial charge in [-0.25, -0.2) is 0 Å². The summed E-state index contributed by atoms with van der Waals surface area (Å²) in [4.78, 5) is 37.3. The van der Waals surface area contributed by atoms with Gasteiger partial charge in [-0.1, -0.05) is 175 Å². The summed E-state index contributed by atoms with van der Waals surface area (Å²) in [6, 6.07) is 0. The highest BCUT2D eigenvalue weighted by Crippen LogP contribution is 2.14. The zero-order chi connectivity index (χ0) is 35.8. The first-order valence-corrected chi connectivity index (χ1v) is 21.7. The fourth-order valence-electron chi connectivity index (χ4n) is 5.62. The van der Waals surface area contributed by atoms with E-state index < -0.39 is 6.10 Å². The second-order valence-electron chi connectivity index (χ2n) is 13.6. The minimum atomic E-state index is -0.754. The van der Waals surface area contributed by atoms with E-state index in [9.17, 15) is 14.4 Å². The normalized spacial score (nSPS) is 10.8. The van der Waals surface area contributed by atoms with Gasteiger partial charge < -0.3 is 14.2 Å². The predicted molar refractivity (Wildman–Crippen MR) is 207 cm³/mol. The largest absolute Gasteiger partial charge is 0.462 e. The highest BCUT2D eigenvalue weighted by molar-refractivity contribution is 6.16. The Kier molecular flexibility index (Phi) is 42.0. The average molecular weight is 697 g/mol. The van der Waals surface area contributed by atoms with Crippen molar-refractivity contribution in [1.82, 2.24) is 0 Å². The molecule has 6 nitrogen and oxygen atoms in total. The second kappa shape index (κ2) is 41.5. The van der Waals surface area contributed by atoms with Crippen molar-refractivity contribution in [2.24, 2.45) is 0 Å². The van der Waals surface area contributed by atoms with E-state index in [1.165, 1.54) is 116 Å². The maximum atomic E-state index is 12.6. The quantitative estimate of drug-likeness (QED) is 0.0284. The van der Waals surface area contributed by atoms with Crippen LogP contribution >= 0.6 is 0 Å². The Balaban J connectivity index is 0. The SMILES string of the molecule is C=C[SiH3].CCCCCCCCCCCC(=O)OCC(COC(=O)CCCCCCCCCCC)OC(=O)CCCCCCCCCCC. The topological polar surface area (TPSA) is 78.9 Å². The van der Waals surface area contributed by atoms with Gasteiger partial charge in [-0.2, -0.15) is 0 Å². The Morgan fingerprint density at radius 2 is 0.688 bits per heavy atom. The molecule has 0 aliphatic rings. The van der Waals surface area contributed by atoms with Crippen LogP contribution in [0.15, 0.2) is 12.3 Å². The summed E-state index contributed by atoms with van der Waals surface area (Å²) in [5.41, 5.74) is 1.89. The molecule has 0 N–H and O–H groups in total. The van der Waals surface area contributed by atoms with E-state index in [1.54, 1.807) is 0 Å². The van der Waals surface area contributed by atoms with E-state index >= 15 is 0 Å². The van der Waals surface area contributed by atoms with Gasteiger partial charge in [0.15, 0.2) is 6.10 Å². The minimum absolute atomic E-state index is 0.0644. The van der Waals surface area contributed by atoms with Crippen molar-refractivity contribution in [3.05, 3.63) is 12.3 Å². The van der Waals surface area contributed by atoms with E-state index in [2.05, 4.69) is 27.4 Å². The second-order valence-corrected chi connectivity index (χ2v) is 14.4.